The third kappa shape index (κ3) is 7.33. The Morgan fingerprint density at radius 2 is 1.93 bits per heavy atom. The molecule has 0 saturated heterocycles. The van der Waals surface area contributed by atoms with Crippen LogP contribution >= 0.6 is 19.2 Å². The molecule has 1 atom stereocenters. The largest absolute Gasteiger partial charge is 0.490 e. The zero-order valence-corrected chi connectivity index (χ0v) is 18.5. The molecule has 7 heteroatoms. The zero-order valence-electron chi connectivity index (χ0n) is 16.9. The highest BCUT2D eigenvalue weighted by molar-refractivity contribution is 7.51. The Balaban J connectivity index is 1.92. The average Bonchev–Trinajstić information content (AvgIpc) is 2.62. The van der Waals surface area contributed by atoms with Gasteiger partial charge in [-0.15, -0.1) is 0 Å². The van der Waals surface area contributed by atoms with Crippen LogP contribution in [0, 0.1) is 17.7 Å². The Morgan fingerprint density at radius 1 is 1.25 bits per heavy atom. The number of ether oxygens (including phenoxy) is 1. The summed E-state index contributed by atoms with van der Waals surface area (Å²) >= 11 is 6.31. The SMILES string of the molecule is CCCCCC1CCC(c2ccc(OC[C@@H](C)CP(=O)(O)O)c(F)c2Cl)CC1. The Bertz CT molecular complexity index is 671. The third-order valence-corrected chi connectivity index (χ3v) is 7.14. The lowest BCUT2D eigenvalue weighted by Gasteiger charge is -2.29. The normalized spacial score (nSPS) is 21.5. The summed E-state index contributed by atoms with van der Waals surface area (Å²) in [5, 5.41) is 0.120. The smallest absolute Gasteiger partial charge is 0.325 e. The minimum Gasteiger partial charge on any atom is -0.490 e. The van der Waals surface area contributed by atoms with Gasteiger partial charge >= 0.3 is 7.60 Å². The summed E-state index contributed by atoms with van der Waals surface area (Å²) in [6.45, 7) is 3.91. The van der Waals surface area contributed by atoms with Gasteiger partial charge in [-0.25, -0.2) is 4.39 Å². The van der Waals surface area contributed by atoms with Crippen LogP contribution in [0.15, 0.2) is 12.1 Å². The fourth-order valence-electron chi connectivity index (χ4n) is 4.11. The van der Waals surface area contributed by atoms with Crippen molar-refractivity contribution in [3.05, 3.63) is 28.5 Å². The summed E-state index contributed by atoms with van der Waals surface area (Å²) in [4.78, 5) is 18.0. The molecule has 0 radical (unpaired) electrons. The van der Waals surface area contributed by atoms with Gasteiger partial charge in [-0.1, -0.05) is 57.2 Å². The zero-order chi connectivity index (χ0) is 20.7. The van der Waals surface area contributed by atoms with E-state index in [1.165, 1.54) is 38.5 Å². The molecule has 1 aliphatic rings. The van der Waals surface area contributed by atoms with E-state index in [9.17, 15) is 8.96 Å². The Morgan fingerprint density at radius 3 is 2.54 bits per heavy atom. The van der Waals surface area contributed by atoms with Crippen LogP contribution in [0.5, 0.6) is 5.75 Å². The first-order valence-corrected chi connectivity index (χ1v) is 12.5. The van der Waals surface area contributed by atoms with Crippen molar-refractivity contribution >= 4 is 19.2 Å². The van der Waals surface area contributed by atoms with Gasteiger partial charge in [0.05, 0.1) is 17.8 Å². The molecule has 0 aromatic heterocycles. The molecule has 0 spiro atoms. The lowest BCUT2D eigenvalue weighted by Crippen LogP contribution is -2.15. The summed E-state index contributed by atoms with van der Waals surface area (Å²) in [5.74, 6) is 0.144. The van der Waals surface area contributed by atoms with E-state index in [1.807, 2.05) is 6.07 Å². The monoisotopic (exact) mass is 434 g/mol. The standard InChI is InChI=1S/C21H33ClFO4P/c1-3-4-5-6-16-7-9-17(10-8-16)18-11-12-19(21(23)20(18)22)27-13-15(2)14-28(24,25)26/h11-12,15-17H,3-10,13-14H2,1-2H3,(H2,24,25,26)/t15-,16?,17?/m1/s1. The first kappa shape index (κ1) is 23.7. The summed E-state index contributed by atoms with van der Waals surface area (Å²) in [6, 6.07) is 3.44. The van der Waals surface area contributed by atoms with Gasteiger partial charge in [0.25, 0.3) is 0 Å². The van der Waals surface area contributed by atoms with E-state index < -0.39 is 13.4 Å². The van der Waals surface area contributed by atoms with Gasteiger partial charge in [-0.3, -0.25) is 4.57 Å². The molecular formula is C21H33ClFO4P. The third-order valence-electron chi connectivity index (χ3n) is 5.65. The van der Waals surface area contributed by atoms with Crippen molar-refractivity contribution in [3.63, 3.8) is 0 Å². The van der Waals surface area contributed by atoms with E-state index in [1.54, 1.807) is 13.0 Å². The van der Waals surface area contributed by atoms with Crippen molar-refractivity contribution in [1.82, 2.24) is 0 Å². The van der Waals surface area contributed by atoms with E-state index in [4.69, 9.17) is 26.1 Å². The van der Waals surface area contributed by atoms with Gasteiger partial charge in [0, 0.05) is 5.92 Å². The van der Waals surface area contributed by atoms with Crippen LogP contribution in [-0.4, -0.2) is 22.6 Å². The van der Waals surface area contributed by atoms with Crippen LogP contribution in [0.2, 0.25) is 5.02 Å². The molecule has 0 bridgehead atoms. The van der Waals surface area contributed by atoms with Crippen molar-refractivity contribution in [1.29, 1.82) is 0 Å². The predicted molar refractivity (Wildman–Crippen MR) is 112 cm³/mol. The molecule has 1 aromatic carbocycles. The second-order valence-electron chi connectivity index (χ2n) is 8.26. The van der Waals surface area contributed by atoms with Crippen LogP contribution in [0.3, 0.4) is 0 Å². The molecule has 28 heavy (non-hydrogen) atoms. The summed E-state index contributed by atoms with van der Waals surface area (Å²) in [6.07, 6.45) is 9.26. The first-order chi connectivity index (χ1) is 13.2. The quantitative estimate of drug-likeness (QED) is 0.324. The maximum atomic E-state index is 14.7. The Labute approximate surface area is 173 Å². The maximum Gasteiger partial charge on any atom is 0.325 e. The molecule has 2 rings (SSSR count). The lowest BCUT2D eigenvalue weighted by atomic mass is 9.77. The molecule has 2 N–H and O–H groups in total. The van der Waals surface area contributed by atoms with E-state index in [-0.39, 0.29) is 35.4 Å². The molecule has 1 aliphatic carbocycles. The van der Waals surface area contributed by atoms with Gasteiger partial charge < -0.3 is 14.5 Å². The minimum atomic E-state index is -4.11. The van der Waals surface area contributed by atoms with Crippen molar-refractivity contribution < 1.29 is 23.5 Å². The number of halogens is 2. The molecule has 1 aromatic rings. The van der Waals surface area contributed by atoms with Crippen molar-refractivity contribution in [2.45, 2.75) is 71.1 Å². The highest BCUT2D eigenvalue weighted by Crippen LogP contribution is 2.42. The van der Waals surface area contributed by atoms with Crippen LogP contribution in [0.1, 0.15) is 76.7 Å². The van der Waals surface area contributed by atoms with Crippen molar-refractivity contribution in [2.24, 2.45) is 11.8 Å². The molecule has 1 fully saturated rings. The number of unbranched alkanes of at least 4 members (excludes halogenated alkanes) is 2. The molecule has 160 valence electrons. The van der Waals surface area contributed by atoms with Crippen molar-refractivity contribution in [3.8, 4) is 5.75 Å². The maximum absolute atomic E-state index is 14.7. The fraction of sp³-hybridized carbons (Fsp3) is 0.714. The number of hydrogen-bond acceptors (Lipinski definition) is 2. The Kier molecular flexibility index (Phi) is 9.27. The van der Waals surface area contributed by atoms with E-state index in [2.05, 4.69) is 6.92 Å². The van der Waals surface area contributed by atoms with E-state index in [0.29, 0.717) is 0 Å². The first-order valence-electron chi connectivity index (χ1n) is 10.4. The van der Waals surface area contributed by atoms with E-state index >= 15 is 0 Å². The molecule has 0 aliphatic heterocycles. The number of benzene rings is 1. The second-order valence-corrected chi connectivity index (χ2v) is 10.3. The molecular weight excluding hydrogens is 402 g/mol. The van der Waals surface area contributed by atoms with Crippen LogP contribution in [0.4, 0.5) is 4.39 Å². The predicted octanol–water partition coefficient (Wildman–Crippen LogP) is 6.53. The van der Waals surface area contributed by atoms with Gasteiger partial charge in [0.1, 0.15) is 0 Å². The highest BCUT2D eigenvalue weighted by Gasteiger charge is 2.26. The van der Waals surface area contributed by atoms with Gasteiger partial charge in [0.15, 0.2) is 11.6 Å². The minimum absolute atomic E-state index is 0.0283. The van der Waals surface area contributed by atoms with Gasteiger partial charge in [-0.2, -0.15) is 0 Å². The topological polar surface area (TPSA) is 66.8 Å². The average molecular weight is 435 g/mol. The van der Waals surface area contributed by atoms with Gasteiger partial charge in [-0.05, 0) is 49.1 Å². The molecule has 0 heterocycles. The molecule has 4 nitrogen and oxygen atoms in total. The van der Waals surface area contributed by atoms with Crippen LogP contribution in [0.25, 0.3) is 0 Å². The van der Waals surface area contributed by atoms with Crippen LogP contribution in [-0.2, 0) is 4.57 Å². The summed E-state index contributed by atoms with van der Waals surface area (Å²) in [5.41, 5.74) is 0.849. The highest BCUT2D eigenvalue weighted by atomic mass is 35.5. The number of rotatable bonds is 10. The number of hydrogen-bond donors (Lipinski definition) is 2. The molecule has 1 saturated carbocycles. The van der Waals surface area contributed by atoms with Crippen molar-refractivity contribution in [2.75, 3.05) is 12.8 Å². The Hall–Kier alpha value is -0.610. The molecule has 0 unspecified atom stereocenters. The molecule has 0 amide bonds. The summed E-state index contributed by atoms with van der Waals surface area (Å²) in [7, 11) is -4.11. The lowest BCUT2D eigenvalue weighted by molar-refractivity contribution is 0.252. The fourth-order valence-corrected chi connectivity index (χ4v) is 5.34. The van der Waals surface area contributed by atoms with E-state index in [0.717, 1.165) is 24.3 Å². The van der Waals surface area contributed by atoms with Gasteiger partial charge in [0.2, 0.25) is 0 Å². The second kappa shape index (κ2) is 11.0. The summed E-state index contributed by atoms with van der Waals surface area (Å²) < 4.78 is 31.1. The van der Waals surface area contributed by atoms with Crippen LogP contribution < -0.4 is 4.74 Å².